The van der Waals surface area contributed by atoms with Crippen molar-refractivity contribution >= 4 is 17.2 Å². The summed E-state index contributed by atoms with van der Waals surface area (Å²) in [5, 5.41) is 2.01. The number of pyridine rings is 1. The van der Waals surface area contributed by atoms with Gasteiger partial charge in [-0.2, -0.15) is 0 Å². The average Bonchev–Trinajstić information content (AvgIpc) is 3.29. The zero-order valence-electron chi connectivity index (χ0n) is 14.5. The lowest BCUT2D eigenvalue weighted by atomic mass is 10.2. The maximum Gasteiger partial charge on any atom is 0.228 e. The van der Waals surface area contributed by atoms with Crippen LogP contribution in [0.1, 0.15) is 16.1 Å². The molecule has 0 saturated heterocycles. The summed E-state index contributed by atoms with van der Waals surface area (Å²) in [5.41, 5.74) is 2.19. The molecule has 0 fully saturated rings. The van der Waals surface area contributed by atoms with Crippen LogP contribution in [0.2, 0.25) is 0 Å². The quantitative estimate of drug-likeness (QED) is 0.696. The molecule has 6 heteroatoms. The van der Waals surface area contributed by atoms with Gasteiger partial charge >= 0.3 is 0 Å². The summed E-state index contributed by atoms with van der Waals surface area (Å²) in [6.07, 6.45) is 6.04. The maximum absolute atomic E-state index is 12.8. The van der Waals surface area contributed by atoms with Crippen molar-refractivity contribution in [3.63, 3.8) is 0 Å². The molecule has 1 amide bonds. The summed E-state index contributed by atoms with van der Waals surface area (Å²) in [7, 11) is 0. The summed E-state index contributed by atoms with van der Waals surface area (Å²) < 4.78 is 8.33. The molecule has 0 aliphatic carbocycles. The lowest BCUT2D eigenvalue weighted by Crippen LogP contribution is -2.38. The summed E-state index contributed by atoms with van der Waals surface area (Å²) in [4.78, 5) is 20.0. The second-order valence-electron chi connectivity index (χ2n) is 6.48. The molecule has 0 N–H and O–H groups in total. The number of hydrogen-bond donors (Lipinski definition) is 0. The van der Waals surface area contributed by atoms with Crippen LogP contribution in [-0.2, 0) is 35.6 Å². The maximum atomic E-state index is 12.8. The number of rotatable bonds is 5. The number of nitrogens with zero attached hydrogens (tertiary/aromatic N) is 3. The van der Waals surface area contributed by atoms with Gasteiger partial charge < -0.3 is 14.2 Å². The second kappa shape index (κ2) is 7.85. The fourth-order valence-corrected chi connectivity index (χ4v) is 3.92. The van der Waals surface area contributed by atoms with Gasteiger partial charge in [-0.1, -0.05) is 12.1 Å². The normalized spacial score (nSPS) is 16.9. The molecule has 0 radical (unpaired) electrons. The first-order valence-corrected chi connectivity index (χ1v) is 9.60. The van der Waals surface area contributed by atoms with E-state index >= 15 is 0 Å². The lowest BCUT2D eigenvalue weighted by molar-refractivity contribution is -0.133. The Hall–Kier alpha value is -2.44. The largest absolute Gasteiger partial charge is 0.370 e. The number of carbonyl (C=O) groups excluding carboxylic acids is 1. The molecule has 1 unspecified atom stereocenters. The topological polar surface area (TPSA) is 47.4 Å². The van der Waals surface area contributed by atoms with E-state index in [1.165, 1.54) is 0 Å². The van der Waals surface area contributed by atoms with Gasteiger partial charge in [0.2, 0.25) is 5.91 Å². The highest BCUT2D eigenvalue weighted by molar-refractivity contribution is 7.10. The molecule has 3 aromatic heterocycles. The highest BCUT2D eigenvalue weighted by Crippen LogP contribution is 2.18. The smallest absolute Gasteiger partial charge is 0.228 e. The van der Waals surface area contributed by atoms with E-state index in [9.17, 15) is 4.79 Å². The first-order chi connectivity index (χ1) is 12.8. The van der Waals surface area contributed by atoms with E-state index in [1.54, 1.807) is 17.5 Å². The molecule has 0 aromatic carbocycles. The number of aromatic nitrogens is 2. The Balaban J connectivity index is 1.47. The molecular weight excluding hydrogens is 346 g/mol. The van der Waals surface area contributed by atoms with E-state index in [1.807, 2.05) is 46.8 Å². The molecule has 134 valence electrons. The van der Waals surface area contributed by atoms with Crippen LogP contribution in [0.25, 0.3) is 0 Å². The number of hydrogen-bond acceptors (Lipinski definition) is 4. The molecule has 1 atom stereocenters. The molecule has 0 spiro atoms. The minimum Gasteiger partial charge on any atom is -0.370 e. The first kappa shape index (κ1) is 17.0. The van der Waals surface area contributed by atoms with Gasteiger partial charge in [0.05, 0.1) is 32.2 Å². The standard InChI is InChI=1S/C20H21N3O2S/c24-20(10-19-6-3-9-26-19)23-12-17-5-2-8-22(17)13-18(14-23)25-15-16-4-1-7-21-11-16/h1-9,11,18H,10,12-15H2. The van der Waals surface area contributed by atoms with Crippen LogP contribution in [0.3, 0.4) is 0 Å². The van der Waals surface area contributed by atoms with Crippen molar-refractivity contribution in [1.82, 2.24) is 14.5 Å². The highest BCUT2D eigenvalue weighted by Gasteiger charge is 2.25. The van der Waals surface area contributed by atoms with E-state index in [0.717, 1.165) is 22.7 Å². The number of ether oxygens (including phenoxy) is 1. The van der Waals surface area contributed by atoms with Gasteiger partial charge in [-0.25, -0.2) is 0 Å². The van der Waals surface area contributed by atoms with Gasteiger partial charge in [0.1, 0.15) is 0 Å². The predicted molar refractivity (Wildman–Crippen MR) is 101 cm³/mol. The Morgan fingerprint density at radius 3 is 3.00 bits per heavy atom. The summed E-state index contributed by atoms with van der Waals surface area (Å²) >= 11 is 1.63. The van der Waals surface area contributed by atoms with Crippen molar-refractivity contribution in [2.24, 2.45) is 0 Å². The fraction of sp³-hybridized carbons (Fsp3) is 0.300. The van der Waals surface area contributed by atoms with Crippen molar-refractivity contribution in [3.8, 4) is 0 Å². The SMILES string of the molecule is O=C(Cc1cccs1)N1Cc2cccn2CC(OCc2cccnc2)C1. The Bertz CT molecular complexity index is 845. The van der Waals surface area contributed by atoms with E-state index < -0.39 is 0 Å². The van der Waals surface area contributed by atoms with Crippen LogP contribution < -0.4 is 0 Å². The molecule has 4 rings (SSSR count). The fourth-order valence-electron chi connectivity index (χ4n) is 3.22. The van der Waals surface area contributed by atoms with Gasteiger partial charge in [0.25, 0.3) is 0 Å². The van der Waals surface area contributed by atoms with Gasteiger partial charge in [0, 0.05) is 35.7 Å². The zero-order valence-corrected chi connectivity index (χ0v) is 15.3. The summed E-state index contributed by atoms with van der Waals surface area (Å²) in [6, 6.07) is 12.0. The van der Waals surface area contributed by atoms with Crippen LogP contribution >= 0.6 is 11.3 Å². The van der Waals surface area contributed by atoms with Gasteiger partial charge in [-0.15, -0.1) is 11.3 Å². The van der Waals surface area contributed by atoms with Crippen molar-refractivity contribution in [3.05, 3.63) is 76.5 Å². The van der Waals surface area contributed by atoms with Gasteiger partial charge in [-0.05, 0) is 35.2 Å². The third-order valence-electron chi connectivity index (χ3n) is 4.57. The molecule has 4 heterocycles. The Kier molecular flexibility index (Phi) is 5.13. The molecule has 1 aliphatic heterocycles. The second-order valence-corrected chi connectivity index (χ2v) is 7.51. The monoisotopic (exact) mass is 367 g/mol. The number of fused-ring (bicyclic) bond motifs is 1. The number of thiophene rings is 1. The Morgan fingerprint density at radius 1 is 1.23 bits per heavy atom. The van der Waals surface area contributed by atoms with E-state index in [4.69, 9.17) is 4.74 Å². The minimum absolute atomic E-state index is 0.0452. The van der Waals surface area contributed by atoms with Crippen molar-refractivity contribution in [2.45, 2.75) is 32.2 Å². The molecule has 0 saturated carbocycles. The van der Waals surface area contributed by atoms with E-state index in [2.05, 4.69) is 21.8 Å². The summed E-state index contributed by atoms with van der Waals surface area (Å²) in [6.45, 7) is 2.49. The van der Waals surface area contributed by atoms with E-state index in [0.29, 0.717) is 26.1 Å². The third kappa shape index (κ3) is 4.03. The third-order valence-corrected chi connectivity index (χ3v) is 5.44. The van der Waals surface area contributed by atoms with Crippen molar-refractivity contribution in [2.75, 3.05) is 6.54 Å². The molecule has 1 aliphatic rings. The van der Waals surface area contributed by atoms with Crippen LogP contribution in [0.4, 0.5) is 0 Å². The predicted octanol–water partition coefficient (Wildman–Crippen LogP) is 3.11. The van der Waals surface area contributed by atoms with Crippen LogP contribution in [0.5, 0.6) is 0 Å². The van der Waals surface area contributed by atoms with Crippen LogP contribution in [0, 0.1) is 0 Å². The average molecular weight is 367 g/mol. The van der Waals surface area contributed by atoms with Crippen molar-refractivity contribution < 1.29 is 9.53 Å². The van der Waals surface area contributed by atoms with Gasteiger partial charge in [-0.3, -0.25) is 9.78 Å². The number of amides is 1. The summed E-state index contributed by atoms with van der Waals surface area (Å²) in [5.74, 6) is 0.150. The van der Waals surface area contributed by atoms with Crippen molar-refractivity contribution in [1.29, 1.82) is 0 Å². The molecule has 26 heavy (non-hydrogen) atoms. The lowest BCUT2D eigenvalue weighted by Gasteiger charge is -2.24. The Morgan fingerprint density at radius 2 is 2.19 bits per heavy atom. The van der Waals surface area contributed by atoms with Crippen LogP contribution in [-0.4, -0.2) is 33.0 Å². The number of carbonyl (C=O) groups is 1. The van der Waals surface area contributed by atoms with E-state index in [-0.39, 0.29) is 12.0 Å². The Labute approximate surface area is 156 Å². The van der Waals surface area contributed by atoms with Gasteiger partial charge in [0.15, 0.2) is 0 Å². The van der Waals surface area contributed by atoms with Crippen LogP contribution in [0.15, 0.2) is 60.4 Å². The molecule has 0 bridgehead atoms. The molecule has 3 aromatic rings. The molecule has 5 nitrogen and oxygen atoms in total. The molecular formula is C20H21N3O2S. The highest BCUT2D eigenvalue weighted by atomic mass is 32.1. The first-order valence-electron chi connectivity index (χ1n) is 8.72. The minimum atomic E-state index is -0.0452. The zero-order chi connectivity index (χ0) is 17.8.